The number of hydrogen-bond donors (Lipinski definition) is 3. The topological polar surface area (TPSA) is 50.1 Å². The summed E-state index contributed by atoms with van der Waals surface area (Å²) in [5, 5.41) is 6.98. The van der Waals surface area contributed by atoms with E-state index >= 15 is 0 Å². The summed E-state index contributed by atoms with van der Waals surface area (Å²) < 4.78 is 0. The van der Waals surface area contributed by atoms with E-state index in [0.29, 0.717) is 0 Å². The van der Waals surface area contributed by atoms with E-state index in [9.17, 15) is 0 Å². The molecule has 0 aromatic heterocycles. The van der Waals surface area contributed by atoms with Gasteiger partial charge in [0.15, 0.2) is 0 Å². The maximum Gasteiger partial charge on any atom is 0.0444 e. The summed E-state index contributed by atoms with van der Waals surface area (Å²) in [5.41, 5.74) is 5.98. The average molecular weight is 155 g/mol. The highest BCUT2D eigenvalue weighted by Gasteiger charge is 2.37. The second kappa shape index (κ2) is 2.73. The monoisotopic (exact) mass is 155 g/mol. The maximum absolute atomic E-state index is 5.74. The van der Waals surface area contributed by atoms with Crippen LogP contribution in [-0.4, -0.2) is 31.2 Å². The number of hydrogen-bond acceptors (Lipinski definition) is 3. The fourth-order valence-electron chi connectivity index (χ4n) is 1.76. The number of rotatable bonds is 3. The molecule has 0 bridgehead atoms. The molecule has 0 amide bonds. The van der Waals surface area contributed by atoms with Gasteiger partial charge in [-0.3, -0.25) is 0 Å². The van der Waals surface area contributed by atoms with Crippen molar-refractivity contribution in [1.29, 1.82) is 0 Å². The Morgan fingerprint density at radius 2 is 2.36 bits per heavy atom. The van der Waals surface area contributed by atoms with Gasteiger partial charge >= 0.3 is 0 Å². The van der Waals surface area contributed by atoms with Crippen molar-refractivity contribution >= 4 is 0 Å². The summed E-state index contributed by atoms with van der Waals surface area (Å²) in [7, 11) is 0. The van der Waals surface area contributed by atoms with Crippen molar-refractivity contribution in [2.24, 2.45) is 5.73 Å². The van der Waals surface area contributed by atoms with Crippen LogP contribution in [0, 0.1) is 0 Å². The SMILES string of the molecule is NCC1(NC2CC2)CCNC1. The Bertz CT molecular complexity index is 136. The second-order valence-electron chi connectivity index (χ2n) is 3.83. The Kier molecular flexibility index (Phi) is 1.87. The Balaban J connectivity index is 1.91. The minimum absolute atomic E-state index is 0.237. The Morgan fingerprint density at radius 3 is 2.82 bits per heavy atom. The van der Waals surface area contributed by atoms with Crippen molar-refractivity contribution < 1.29 is 0 Å². The summed E-state index contributed by atoms with van der Waals surface area (Å²) in [6.07, 6.45) is 3.89. The van der Waals surface area contributed by atoms with Crippen LogP contribution in [0.2, 0.25) is 0 Å². The van der Waals surface area contributed by atoms with E-state index in [1.807, 2.05) is 0 Å². The van der Waals surface area contributed by atoms with E-state index in [4.69, 9.17) is 5.73 Å². The lowest BCUT2D eigenvalue weighted by molar-refractivity contribution is 0.359. The molecule has 2 fully saturated rings. The van der Waals surface area contributed by atoms with Crippen molar-refractivity contribution in [2.75, 3.05) is 19.6 Å². The number of nitrogens with one attached hydrogen (secondary N) is 2. The average Bonchev–Trinajstić information content (AvgIpc) is 2.68. The van der Waals surface area contributed by atoms with Gasteiger partial charge < -0.3 is 16.4 Å². The third-order valence-electron chi connectivity index (χ3n) is 2.72. The van der Waals surface area contributed by atoms with Crippen LogP contribution in [0.15, 0.2) is 0 Å². The zero-order chi connectivity index (χ0) is 7.73. The van der Waals surface area contributed by atoms with Crippen LogP contribution in [0.3, 0.4) is 0 Å². The Labute approximate surface area is 67.7 Å². The summed E-state index contributed by atoms with van der Waals surface area (Å²) in [5.74, 6) is 0. The predicted molar refractivity (Wildman–Crippen MR) is 45.4 cm³/mol. The first kappa shape index (κ1) is 7.53. The van der Waals surface area contributed by atoms with Gasteiger partial charge in [-0.2, -0.15) is 0 Å². The molecule has 64 valence electrons. The molecule has 3 nitrogen and oxygen atoms in total. The van der Waals surface area contributed by atoms with Crippen molar-refractivity contribution in [3.63, 3.8) is 0 Å². The molecular formula is C8H17N3. The smallest absolute Gasteiger partial charge is 0.0444 e. The molecule has 1 heterocycles. The van der Waals surface area contributed by atoms with Gasteiger partial charge in [0.25, 0.3) is 0 Å². The van der Waals surface area contributed by atoms with Crippen molar-refractivity contribution in [3.05, 3.63) is 0 Å². The molecule has 1 saturated heterocycles. The van der Waals surface area contributed by atoms with Crippen LogP contribution >= 0.6 is 0 Å². The van der Waals surface area contributed by atoms with Crippen molar-refractivity contribution in [1.82, 2.24) is 10.6 Å². The van der Waals surface area contributed by atoms with E-state index in [1.54, 1.807) is 0 Å². The first-order valence-corrected chi connectivity index (χ1v) is 4.53. The van der Waals surface area contributed by atoms with Gasteiger partial charge in [-0.1, -0.05) is 0 Å². The Hall–Kier alpha value is -0.120. The molecule has 2 rings (SSSR count). The van der Waals surface area contributed by atoms with Crippen LogP contribution in [0.4, 0.5) is 0 Å². The predicted octanol–water partition coefficient (Wildman–Crippen LogP) is -0.571. The molecule has 1 unspecified atom stereocenters. The highest BCUT2D eigenvalue weighted by Crippen LogP contribution is 2.24. The molecule has 0 radical (unpaired) electrons. The zero-order valence-corrected chi connectivity index (χ0v) is 6.90. The first-order chi connectivity index (χ1) is 5.35. The van der Waals surface area contributed by atoms with Crippen LogP contribution in [0.5, 0.6) is 0 Å². The summed E-state index contributed by atoms with van der Waals surface area (Å²) in [6, 6.07) is 0.776. The molecule has 2 aliphatic rings. The summed E-state index contributed by atoms with van der Waals surface area (Å²) >= 11 is 0. The van der Waals surface area contributed by atoms with E-state index in [0.717, 1.165) is 25.7 Å². The van der Waals surface area contributed by atoms with Crippen molar-refractivity contribution in [3.8, 4) is 0 Å². The minimum atomic E-state index is 0.237. The van der Waals surface area contributed by atoms with E-state index in [-0.39, 0.29) is 5.54 Å². The largest absolute Gasteiger partial charge is 0.329 e. The molecule has 0 aromatic rings. The van der Waals surface area contributed by atoms with Gasteiger partial charge in [-0.25, -0.2) is 0 Å². The zero-order valence-electron chi connectivity index (χ0n) is 6.90. The highest BCUT2D eigenvalue weighted by molar-refractivity contribution is 5.01. The van der Waals surface area contributed by atoms with Crippen LogP contribution in [0.25, 0.3) is 0 Å². The molecule has 0 spiro atoms. The lowest BCUT2D eigenvalue weighted by Crippen LogP contribution is -2.53. The summed E-state index contributed by atoms with van der Waals surface area (Å²) in [4.78, 5) is 0. The van der Waals surface area contributed by atoms with Gasteiger partial charge in [0.2, 0.25) is 0 Å². The third-order valence-corrected chi connectivity index (χ3v) is 2.72. The second-order valence-corrected chi connectivity index (χ2v) is 3.83. The summed E-state index contributed by atoms with van der Waals surface area (Å²) in [6.45, 7) is 2.95. The fraction of sp³-hybridized carbons (Fsp3) is 1.00. The molecule has 1 aliphatic heterocycles. The Morgan fingerprint density at radius 1 is 1.55 bits per heavy atom. The lowest BCUT2D eigenvalue weighted by atomic mass is 9.99. The molecule has 4 N–H and O–H groups in total. The van der Waals surface area contributed by atoms with E-state index in [1.165, 1.54) is 19.3 Å². The van der Waals surface area contributed by atoms with E-state index < -0.39 is 0 Å². The van der Waals surface area contributed by atoms with Crippen LogP contribution in [0.1, 0.15) is 19.3 Å². The van der Waals surface area contributed by atoms with Gasteiger partial charge in [-0.15, -0.1) is 0 Å². The standard InChI is InChI=1S/C8H17N3/c9-5-8(3-4-10-6-8)11-7-1-2-7/h7,10-11H,1-6,9H2. The third kappa shape index (κ3) is 1.55. The van der Waals surface area contributed by atoms with E-state index in [2.05, 4.69) is 10.6 Å². The van der Waals surface area contributed by atoms with Crippen molar-refractivity contribution in [2.45, 2.75) is 30.8 Å². The van der Waals surface area contributed by atoms with Gasteiger partial charge in [0.1, 0.15) is 0 Å². The molecule has 1 atom stereocenters. The van der Waals surface area contributed by atoms with Gasteiger partial charge in [0, 0.05) is 24.7 Å². The maximum atomic E-state index is 5.74. The van der Waals surface area contributed by atoms with Crippen LogP contribution in [-0.2, 0) is 0 Å². The minimum Gasteiger partial charge on any atom is -0.329 e. The normalized spacial score (nSPS) is 37.9. The fourth-order valence-corrected chi connectivity index (χ4v) is 1.76. The number of nitrogens with two attached hydrogens (primary N) is 1. The molecule has 0 aromatic carbocycles. The molecule has 1 saturated carbocycles. The highest BCUT2D eigenvalue weighted by atomic mass is 15.1. The molecule has 1 aliphatic carbocycles. The van der Waals surface area contributed by atoms with Gasteiger partial charge in [-0.05, 0) is 25.8 Å². The quantitative estimate of drug-likeness (QED) is 0.511. The van der Waals surface area contributed by atoms with Gasteiger partial charge in [0.05, 0.1) is 0 Å². The lowest BCUT2D eigenvalue weighted by Gasteiger charge is -2.27. The van der Waals surface area contributed by atoms with Crippen LogP contribution < -0.4 is 16.4 Å². The molecule has 3 heteroatoms. The first-order valence-electron chi connectivity index (χ1n) is 4.53. The molecule has 11 heavy (non-hydrogen) atoms. The molecular weight excluding hydrogens is 138 g/mol.